The molecular formula is C78H121N5O20S. The number of carbonyl (C=O) groups is 3. The number of aliphatic hydroxyl groups excluding tert-OH is 5. The normalized spacial score (nSPS) is 34.5. The van der Waals surface area contributed by atoms with Gasteiger partial charge >= 0.3 is 5.97 Å². The molecule has 0 saturated carbocycles. The number of aldehydes is 1. The van der Waals surface area contributed by atoms with Crippen molar-refractivity contribution in [1.29, 1.82) is 0 Å². The van der Waals surface area contributed by atoms with E-state index in [1.807, 2.05) is 39.0 Å². The van der Waals surface area contributed by atoms with Crippen LogP contribution in [-0.4, -0.2) is 217 Å². The standard InChI is InChI=1S/C46H77NO17.C20H30O.C12H14N4O2S/c1-13-33-30(22-58-45-42(57-12)41(56-11)37(52)26(5)60-45)18-23(2)14-15-31(49)24(3)19-29(16-17-48)39(25(4)32(50)20-34(51)62-33)64-44-38(53)36(47(9)10)40(27(6)61-44)63-35-21-46(8,55)43(54)28(7)59-35;1-16(8-6-9-17(2)13-15-21)11-12-19-18(3)10-7-14-20(19,4)5;1-8-7-9(2)15-12(14-8)16-19(17,18)11-5-3-10(13)4-6-11/h14-15,17-18,24-30,32-33,35-45,50,52-55H,13,16,19-22H2,1-12H3;6,8-9,11-13,21H,7,10,14-15H2,1-5H3;3-7H,13H2,1-2H3,(H,14,15,16)/b15-14+,23-18+;9-6+,12-11+,16-8-,17-13-;/t24-,25+,26-,27-,28+,29+,30-,32-,33-,35+,36-,37-,38-,39-,40-,41-,42-,43+,44+,45-,46-;;/m1../s1. The van der Waals surface area contributed by atoms with Crippen molar-refractivity contribution in [3.05, 3.63) is 124 Å². The Morgan fingerprint density at radius 2 is 1.47 bits per heavy atom. The molecule has 3 saturated heterocycles. The Hall–Kier alpha value is -5.76. The van der Waals surface area contributed by atoms with E-state index in [-0.39, 0.29) is 49.1 Å². The van der Waals surface area contributed by atoms with Gasteiger partial charge in [-0.25, -0.2) is 23.1 Å². The van der Waals surface area contributed by atoms with Crippen LogP contribution in [0.4, 0.5) is 11.6 Å². The van der Waals surface area contributed by atoms with Crippen LogP contribution < -0.4 is 10.5 Å². The molecule has 0 unspecified atom stereocenters. The number of ketones is 1. The smallest absolute Gasteiger partial charge is 0.308 e. The second-order valence-corrected chi connectivity index (χ2v) is 31.2. The van der Waals surface area contributed by atoms with Crippen molar-refractivity contribution >= 4 is 39.7 Å². The molecule has 1 aromatic heterocycles. The van der Waals surface area contributed by atoms with Crippen LogP contribution in [0.1, 0.15) is 153 Å². The average molecular weight is 1480 g/mol. The Balaban J connectivity index is 0.000000389. The minimum Gasteiger partial charge on any atom is -0.462 e. The second kappa shape index (κ2) is 41.0. The van der Waals surface area contributed by atoms with Crippen molar-refractivity contribution < 1.29 is 96.1 Å². The Labute approximate surface area is 617 Å². The number of aliphatic hydroxyl groups is 6. The maximum atomic E-state index is 13.8. The summed E-state index contributed by atoms with van der Waals surface area (Å²) in [6.07, 6.45) is 7.80. The number of nitrogens with zero attached hydrogens (tertiary/aromatic N) is 3. The van der Waals surface area contributed by atoms with Gasteiger partial charge in [-0.3, -0.25) is 9.59 Å². The highest BCUT2D eigenvalue weighted by atomic mass is 32.2. The summed E-state index contributed by atoms with van der Waals surface area (Å²) in [6, 6.07) is 6.93. The van der Waals surface area contributed by atoms with E-state index in [2.05, 4.69) is 60.6 Å². The summed E-state index contributed by atoms with van der Waals surface area (Å²) in [7, 11) is 2.74. The van der Waals surface area contributed by atoms with E-state index in [9.17, 15) is 48.3 Å². The number of nitrogen functional groups attached to an aromatic ring is 1. The fourth-order valence-corrected chi connectivity index (χ4v) is 14.9. The lowest BCUT2D eigenvalue weighted by atomic mass is 9.72. The predicted octanol–water partition coefficient (Wildman–Crippen LogP) is 8.82. The van der Waals surface area contributed by atoms with Gasteiger partial charge in [0.25, 0.3) is 10.0 Å². The molecular weight excluding hydrogens is 1360 g/mol. The van der Waals surface area contributed by atoms with Gasteiger partial charge in [-0.2, -0.15) is 0 Å². The molecule has 9 N–H and O–H groups in total. The van der Waals surface area contributed by atoms with Gasteiger partial charge in [0.1, 0.15) is 49.0 Å². The fraction of sp³-hybridized carbons (Fsp3) is 0.654. The monoisotopic (exact) mass is 1480 g/mol. The molecule has 4 aliphatic heterocycles. The zero-order valence-corrected chi connectivity index (χ0v) is 65.3. The zero-order chi connectivity index (χ0) is 77.7. The molecule has 0 amide bonds. The molecule has 21 atom stereocenters. The Bertz CT molecular complexity index is 3400. The van der Waals surface area contributed by atoms with Crippen molar-refractivity contribution in [2.24, 2.45) is 29.1 Å². The number of allylic oxidation sites excluding steroid dienone is 12. The maximum Gasteiger partial charge on any atom is 0.308 e. The molecule has 104 heavy (non-hydrogen) atoms. The number of methoxy groups -OCH3 is 2. The van der Waals surface area contributed by atoms with Crippen molar-refractivity contribution in [3.63, 3.8) is 0 Å². The number of carbonyl (C=O) groups excluding carboxylic acids is 3. The molecule has 2 aromatic rings. The Morgan fingerprint density at radius 1 is 0.827 bits per heavy atom. The zero-order valence-electron chi connectivity index (χ0n) is 64.5. The van der Waals surface area contributed by atoms with Gasteiger partial charge in [0, 0.05) is 61.9 Å². The van der Waals surface area contributed by atoms with E-state index in [0.29, 0.717) is 34.5 Å². The number of aryl methyl sites for hydroxylation is 2. The lowest BCUT2D eigenvalue weighted by Gasteiger charge is -2.50. The summed E-state index contributed by atoms with van der Waals surface area (Å²) in [6.45, 7) is 28.4. The summed E-state index contributed by atoms with van der Waals surface area (Å²) >= 11 is 0. The third-order valence-electron chi connectivity index (χ3n) is 20.0. The third-order valence-corrected chi connectivity index (χ3v) is 21.3. The van der Waals surface area contributed by atoms with E-state index >= 15 is 0 Å². The van der Waals surface area contributed by atoms with Gasteiger partial charge in [-0.05, 0) is 169 Å². The number of nitrogens with two attached hydrogens (primary N) is 1. The van der Waals surface area contributed by atoms with Crippen LogP contribution in [-0.2, 0) is 67.0 Å². The number of hydrogen-bond donors (Lipinski definition) is 8. The van der Waals surface area contributed by atoms with Crippen molar-refractivity contribution in [2.75, 3.05) is 52.0 Å². The van der Waals surface area contributed by atoms with Gasteiger partial charge < -0.3 is 88.7 Å². The highest BCUT2D eigenvalue weighted by Gasteiger charge is 2.52. The number of nitrogens with one attached hydrogen (secondary N) is 1. The summed E-state index contributed by atoms with van der Waals surface area (Å²) in [4.78, 5) is 49.7. The highest BCUT2D eigenvalue weighted by molar-refractivity contribution is 7.92. The predicted molar refractivity (Wildman–Crippen MR) is 397 cm³/mol. The maximum absolute atomic E-state index is 13.8. The molecule has 5 heterocycles. The number of ether oxygens (including phenoxy) is 9. The number of esters is 1. The van der Waals surface area contributed by atoms with Crippen LogP contribution in [0, 0.1) is 42.9 Å². The van der Waals surface area contributed by atoms with Gasteiger partial charge in [0.15, 0.2) is 24.7 Å². The van der Waals surface area contributed by atoms with E-state index < -0.39 is 150 Å². The molecule has 25 nitrogen and oxygen atoms in total. The largest absolute Gasteiger partial charge is 0.462 e. The lowest BCUT2D eigenvalue weighted by Crippen LogP contribution is -2.65. The van der Waals surface area contributed by atoms with Crippen LogP contribution >= 0.6 is 0 Å². The van der Waals surface area contributed by atoms with Gasteiger partial charge in [0.05, 0.1) is 66.7 Å². The van der Waals surface area contributed by atoms with E-state index in [4.69, 9.17) is 53.5 Å². The first-order chi connectivity index (χ1) is 48.8. The topological polar surface area (TPSA) is 357 Å². The van der Waals surface area contributed by atoms with Crippen LogP contribution in [0.5, 0.6) is 0 Å². The van der Waals surface area contributed by atoms with Gasteiger partial charge in [-0.15, -0.1) is 0 Å². The SMILES string of the molecule is CC1=C(/C=C/C(C)=C\C=C\C(C)=C/CO)C(C)(C)CCC1.CC[C@H]1OC(=O)C[C@@H](O)[C@H](C)[C@@H](O[C@@H]2O[C@H](C)[C@@H](O[C@H]3C[C@@](C)(O)[C@@H](O)[C@H](C)O3)[C@H](N(C)C)[C@H]2O)[C@@H](CC=O)C[C@@H](C)C(=O)/C=C/C(C)=C/[C@@H]1CO[C@@H]1O[C@H](C)[C@@H](O)[C@@H](OC)[C@H]1OC.Cc1cc(C)nc(NS(=O)(=O)c2ccc(N)cc2)n1. The number of sulfonamides is 1. The lowest BCUT2D eigenvalue weighted by molar-refractivity contribution is -0.341. The number of rotatable bonds is 21. The van der Waals surface area contributed by atoms with E-state index in [1.54, 1.807) is 85.7 Å². The Morgan fingerprint density at radius 3 is 2.06 bits per heavy atom. The van der Waals surface area contributed by atoms with Crippen LogP contribution in [0.15, 0.2) is 118 Å². The van der Waals surface area contributed by atoms with Crippen LogP contribution in [0.3, 0.4) is 0 Å². The van der Waals surface area contributed by atoms with Crippen molar-refractivity contribution in [3.8, 4) is 0 Å². The summed E-state index contributed by atoms with van der Waals surface area (Å²) in [5.41, 5.74) is 12.3. The van der Waals surface area contributed by atoms with Crippen LogP contribution in [0.25, 0.3) is 0 Å². The second-order valence-electron chi connectivity index (χ2n) is 29.6. The summed E-state index contributed by atoms with van der Waals surface area (Å²) in [5, 5.41) is 64.6. The minimum absolute atomic E-state index is 0.00788. The first kappa shape index (κ1) is 88.9. The van der Waals surface area contributed by atoms with E-state index in [0.717, 1.165) is 11.9 Å². The number of anilines is 2. The molecule has 0 bridgehead atoms. The summed E-state index contributed by atoms with van der Waals surface area (Å²) in [5.74, 6) is -3.52. The fourth-order valence-electron chi connectivity index (χ4n) is 14.0. The Kier molecular flexibility index (Phi) is 35.0. The molecule has 3 fully saturated rings. The van der Waals surface area contributed by atoms with Crippen molar-refractivity contribution in [2.45, 2.75) is 264 Å². The van der Waals surface area contributed by atoms with E-state index in [1.165, 1.54) is 87.5 Å². The average Bonchev–Trinajstić information content (AvgIpc) is 0.779. The molecule has 0 radical (unpaired) electrons. The third kappa shape index (κ3) is 25.7. The molecule has 0 spiro atoms. The highest BCUT2D eigenvalue weighted by Crippen LogP contribution is 2.42. The first-order valence-electron chi connectivity index (χ1n) is 36.1. The molecule has 1 aliphatic carbocycles. The molecule has 5 aliphatic rings. The quantitative estimate of drug-likeness (QED) is 0.0250. The number of cyclic esters (lactones) is 1. The number of likely N-dealkylation sites (N-methyl/N-ethyl adjacent to an activating group) is 1. The number of hydrogen-bond acceptors (Lipinski definition) is 24. The summed E-state index contributed by atoms with van der Waals surface area (Å²) < 4.78 is 81.2. The molecule has 7 rings (SSSR count). The molecule has 1 aromatic carbocycles. The van der Waals surface area contributed by atoms with Crippen molar-refractivity contribution in [1.82, 2.24) is 14.9 Å². The first-order valence-corrected chi connectivity index (χ1v) is 37.6. The van der Waals surface area contributed by atoms with Gasteiger partial charge in [0.2, 0.25) is 5.95 Å². The molecule has 584 valence electrons. The number of benzene rings is 1. The minimum atomic E-state index is -3.69. The number of aromatic nitrogens is 2. The van der Waals surface area contributed by atoms with Gasteiger partial charge in [-0.1, -0.05) is 106 Å². The molecule has 26 heteroatoms. The van der Waals surface area contributed by atoms with Crippen LogP contribution in [0.2, 0.25) is 0 Å².